The fourth-order valence-electron chi connectivity index (χ4n) is 1.41. The van der Waals surface area contributed by atoms with Crippen LogP contribution in [0.1, 0.15) is 25.3 Å². The molecule has 1 aromatic rings. The number of hydrogen-bond acceptors (Lipinski definition) is 2. The molecule has 76 valence electrons. The molecular formula is C11H15O2P. The summed E-state index contributed by atoms with van der Waals surface area (Å²) in [6.45, 7) is 5.86. The van der Waals surface area contributed by atoms with E-state index in [4.69, 9.17) is 9.05 Å². The van der Waals surface area contributed by atoms with Crippen molar-refractivity contribution < 1.29 is 9.05 Å². The van der Waals surface area contributed by atoms with Crippen LogP contribution in [0.15, 0.2) is 24.3 Å². The van der Waals surface area contributed by atoms with Gasteiger partial charge in [-0.15, -0.1) is 0 Å². The van der Waals surface area contributed by atoms with E-state index in [9.17, 15) is 0 Å². The summed E-state index contributed by atoms with van der Waals surface area (Å²) in [7, 11) is -0.772. The first-order valence-electron chi connectivity index (χ1n) is 4.93. The van der Waals surface area contributed by atoms with Crippen LogP contribution >= 0.6 is 8.38 Å². The fraction of sp³-hybridized carbons (Fsp3) is 0.455. The van der Waals surface area contributed by atoms with Crippen molar-refractivity contribution >= 4 is 13.7 Å². The summed E-state index contributed by atoms with van der Waals surface area (Å²) in [5.74, 6) is 0.585. The first kappa shape index (κ1) is 10.1. The average Bonchev–Trinajstić information content (AvgIpc) is 2.71. The molecule has 0 N–H and O–H groups in total. The van der Waals surface area contributed by atoms with Gasteiger partial charge in [-0.2, -0.15) is 0 Å². The van der Waals surface area contributed by atoms with Gasteiger partial charge in [0.25, 0.3) is 0 Å². The zero-order valence-corrected chi connectivity index (χ0v) is 9.46. The van der Waals surface area contributed by atoms with Gasteiger partial charge in [0.1, 0.15) is 0 Å². The lowest BCUT2D eigenvalue weighted by Crippen LogP contribution is -2.01. The number of rotatable bonds is 2. The molecule has 1 aliphatic rings. The third-order valence-electron chi connectivity index (χ3n) is 2.27. The van der Waals surface area contributed by atoms with Crippen molar-refractivity contribution in [1.29, 1.82) is 0 Å². The van der Waals surface area contributed by atoms with E-state index in [2.05, 4.69) is 38.1 Å². The summed E-state index contributed by atoms with van der Waals surface area (Å²) in [4.78, 5) is 0. The first-order valence-corrected chi connectivity index (χ1v) is 6.11. The fourth-order valence-corrected chi connectivity index (χ4v) is 2.65. The Labute approximate surface area is 86.2 Å². The van der Waals surface area contributed by atoms with Crippen molar-refractivity contribution in [2.45, 2.75) is 19.8 Å². The summed E-state index contributed by atoms with van der Waals surface area (Å²) < 4.78 is 11.0. The van der Waals surface area contributed by atoms with Gasteiger partial charge in [0, 0.05) is 5.30 Å². The maximum Gasteiger partial charge on any atom is 0.205 e. The highest BCUT2D eigenvalue weighted by Crippen LogP contribution is 2.41. The lowest BCUT2D eigenvalue weighted by Gasteiger charge is -2.10. The molecule has 0 saturated carbocycles. The van der Waals surface area contributed by atoms with E-state index in [1.807, 2.05) is 0 Å². The van der Waals surface area contributed by atoms with Crippen molar-refractivity contribution in [3.63, 3.8) is 0 Å². The van der Waals surface area contributed by atoms with Gasteiger partial charge < -0.3 is 9.05 Å². The van der Waals surface area contributed by atoms with Crippen LogP contribution in [0.3, 0.4) is 0 Å². The van der Waals surface area contributed by atoms with E-state index < -0.39 is 8.38 Å². The quantitative estimate of drug-likeness (QED) is 0.699. The Balaban J connectivity index is 2.12. The highest BCUT2D eigenvalue weighted by Gasteiger charge is 2.19. The average molecular weight is 210 g/mol. The number of hydrogen-bond donors (Lipinski definition) is 0. The van der Waals surface area contributed by atoms with Crippen molar-refractivity contribution in [1.82, 2.24) is 0 Å². The van der Waals surface area contributed by atoms with E-state index >= 15 is 0 Å². The van der Waals surface area contributed by atoms with Gasteiger partial charge in [-0.05, 0) is 23.6 Å². The minimum absolute atomic E-state index is 0.585. The van der Waals surface area contributed by atoms with Crippen molar-refractivity contribution in [3.05, 3.63) is 29.8 Å². The second-order valence-corrected chi connectivity index (χ2v) is 5.22. The van der Waals surface area contributed by atoms with Gasteiger partial charge in [0.15, 0.2) is 0 Å². The molecule has 0 amide bonds. The smallest absolute Gasteiger partial charge is 0.205 e. The molecular weight excluding hydrogens is 195 g/mol. The second kappa shape index (κ2) is 4.39. The van der Waals surface area contributed by atoms with Crippen LogP contribution in [0.4, 0.5) is 0 Å². The molecule has 0 spiro atoms. The minimum Gasteiger partial charge on any atom is -0.328 e. The summed E-state index contributed by atoms with van der Waals surface area (Å²) in [5, 5.41) is 1.18. The largest absolute Gasteiger partial charge is 0.328 e. The van der Waals surface area contributed by atoms with E-state index in [1.54, 1.807) is 0 Å². The summed E-state index contributed by atoms with van der Waals surface area (Å²) in [5.41, 5.74) is 1.36. The van der Waals surface area contributed by atoms with E-state index in [-0.39, 0.29) is 0 Å². The molecule has 0 aromatic heterocycles. The Kier molecular flexibility index (Phi) is 3.17. The normalized spacial score (nSPS) is 17.9. The highest BCUT2D eigenvalue weighted by atomic mass is 31.2. The Morgan fingerprint density at radius 2 is 1.64 bits per heavy atom. The number of benzene rings is 1. The molecule has 1 aromatic carbocycles. The summed E-state index contributed by atoms with van der Waals surface area (Å²) in [6, 6.07) is 8.56. The van der Waals surface area contributed by atoms with Crippen molar-refractivity contribution in [2.75, 3.05) is 13.2 Å². The molecule has 0 aliphatic carbocycles. The predicted octanol–water partition coefficient (Wildman–Crippen LogP) is 2.79. The summed E-state index contributed by atoms with van der Waals surface area (Å²) in [6.07, 6.45) is 0. The lowest BCUT2D eigenvalue weighted by atomic mass is 10.0. The molecule has 0 atom stereocenters. The molecule has 0 unspecified atom stereocenters. The van der Waals surface area contributed by atoms with Gasteiger partial charge in [-0.1, -0.05) is 26.0 Å². The molecule has 1 aliphatic heterocycles. The van der Waals surface area contributed by atoms with Crippen LogP contribution in [0.5, 0.6) is 0 Å². The SMILES string of the molecule is CC(C)c1ccc(P2OCCO2)cc1. The molecule has 1 saturated heterocycles. The Morgan fingerprint density at radius 1 is 1.07 bits per heavy atom. The Hall–Kier alpha value is -0.430. The van der Waals surface area contributed by atoms with Crippen LogP contribution < -0.4 is 5.30 Å². The Morgan fingerprint density at radius 3 is 2.14 bits per heavy atom. The standard InChI is InChI=1S/C11H15O2P/c1-9(2)10-3-5-11(6-4-10)14-12-7-8-13-14/h3-6,9H,7-8H2,1-2H3. The molecule has 2 rings (SSSR count). The maximum atomic E-state index is 5.48. The maximum absolute atomic E-state index is 5.48. The first-order chi connectivity index (χ1) is 6.77. The molecule has 1 fully saturated rings. The van der Waals surface area contributed by atoms with E-state index in [0.29, 0.717) is 5.92 Å². The molecule has 0 bridgehead atoms. The van der Waals surface area contributed by atoms with E-state index in [1.165, 1.54) is 10.9 Å². The van der Waals surface area contributed by atoms with Gasteiger partial charge in [-0.25, -0.2) is 0 Å². The summed E-state index contributed by atoms with van der Waals surface area (Å²) >= 11 is 0. The highest BCUT2D eigenvalue weighted by molar-refractivity contribution is 7.56. The molecule has 2 nitrogen and oxygen atoms in total. The van der Waals surface area contributed by atoms with E-state index in [0.717, 1.165) is 13.2 Å². The topological polar surface area (TPSA) is 18.5 Å². The van der Waals surface area contributed by atoms with Crippen molar-refractivity contribution in [3.8, 4) is 0 Å². The van der Waals surface area contributed by atoms with Crippen LogP contribution in [-0.4, -0.2) is 13.2 Å². The second-order valence-electron chi connectivity index (χ2n) is 3.67. The van der Waals surface area contributed by atoms with Gasteiger partial charge in [0.05, 0.1) is 13.2 Å². The zero-order valence-electron chi connectivity index (χ0n) is 8.56. The molecule has 0 radical (unpaired) electrons. The van der Waals surface area contributed by atoms with Gasteiger partial charge in [0.2, 0.25) is 8.38 Å². The predicted molar refractivity (Wildman–Crippen MR) is 59.0 cm³/mol. The van der Waals surface area contributed by atoms with Crippen LogP contribution in [-0.2, 0) is 9.05 Å². The third-order valence-corrected chi connectivity index (χ3v) is 3.82. The van der Waals surface area contributed by atoms with Gasteiger partial charge >= 0.3 is 0 Å². The third kappa shape index (κ3) is 2.14. The molecule has 14 heavy (non-hydrogen) atoms. The zero-order chi connectivity index (χ0) is 9.97. The Bertz CT molecular complexity index is 289. The minimum atomic E-state index is -0.772. The lowest BCUT2D eigenvalue weighted by molar-refractivity contribution is 0.365. The molecule has 3 heteroatoms. The van der Waals surface area contributed by atoms with Crippen molar-refractivity contribution in [2.24, 2.45) is 0 Å². The van der Waals surface area contributed by atoms with Gasteiger partial charge in [-0.3, -0.25) is 0 Å². The van der Waals surface area contributed by atoms with Crippen LogP contribution in [0, 0.1) is 0 Å². The van der Waals surface area contributed by atoms with Crippen LogP contribution in [0.2, 0.25) is 0 Å². The molecule has 1 heterocycles. The monoisotopic (exact) mass is 210 g/mol. The van der Waals surface area contributed by atoms with Crippen LogP contribution in [0.25, 0.3) is 0 Å².